The van der Waals surface area contributed by atoms with Crippen molar-refractivity contribution < 1.29 is 32.2 Å². The van der Waals surface area contributed by atoms with Gasteiger partial charge in [-0.25, -0.2) is 8.42 Å². The Labute approximate surface area is 247 Å². The summed E-state index contributed by atoms with van der Waals surface area (Å²) in [7, 11) is -2.36. The molecule has 0 unspecified atom stereocenters. The van der Waals surface area contributed by atoms with E-state index in [1.807, 2.05) is 50.2 Å². The first kappa shape index (κ1) is 30.7. The molecule has 0 aromatic heterocycles. The third-order valence-electron chi connectivity index (χ3n) is 7.08. The van der Waals surface area contributed by atoms with Gasteiger partial charge in [-0.15, -0.1) is 0 Å². The number of fused-ring (bicyclic) bond motifs is 1. The van der Waals surface area contributed by atoms with Crippen LogP contribution in [0, 0.1) is 0 Å². The summed E-state index contributed by atoms with van der Waals surface area (Å²) < 4.78 is 43.2. The quantitative estimate of drug-likeness (QED) is 0.320. The molecule has 1 N–H and O–H groups in total. The number of rotatable bonds is 13. The van der Waals surface area contributed by atoms with Crippen LogP contribution in [-0.4, -0.2) is 63.9 Å². The minimum atomic E-state index is -3.91. The molecule has 1 aliphatic rings. The summed E-state index contributed by atoms with van der Waals surface area (Å²) in [6.45, 7) is 3.42. The molecule has 42 heavy (non-hydrogen) atoms. The number of hydrogen-bond donors (Lipinski definition) is 1. The second kappa shape index (κ2) is 13.6. The van der Waals surface area contributed by atoms with Crippen LogP contribution in [0.5, 0.6) is 17.2 Å². The molecule has 2 atom stereocenters. The number of benzene rings is 3. The fourth-order valence-corrected chi connectivity index (χ4v) is 5.46. The van der Waals surface area contributed by atoms with Crippen molar-refractivity contribution in [3.63, 3.8) is 0 Å². The first-order chi connectivity index (χ1) is 20.1. The van der Waals surface area contributed by atoms with E-state index in [4.69, 9.17) is 14.2 Å². The summed E-state index contributed by atoms with van der Waals surface area (Å²) in [5.41, 5.74) is 1.84. The van der Waals surface area contributed by atoms with E-state index in [-0.39, 0.29) is 37.4 Å². The van der Waals surface area contributed by atoms with Crippen molar-refractivity contribution in [2.75, 3.05) is 31.0 Å². The second-order valence-corrected chi connectivity index (χ2v) is 12.1. The maximum atomic E-state index is 14.2. The van der Waals surface area contributed by atoms with Crippen LogP contribution in [0.25, 0.3) is 0 Å². The van der Waals surface area contributed by atoms with Gasteiger partial charge >= 0.3 is 0 Å². The zero-order valence-corrected chi connectivity index (χ0v) is 25.1. The summed E-state index contributed by atoms with van der Waals surface area (Å²) in [4.78, 5) is 29.4. The van der Waals surface area contributed by atoms with Gasteiger partial charge in [0.2, 0.25) is 28.6 Å². The van der Waals surface area contributed by atoms with Crippen LogP contribution in [0.4, 0.5) is 5.69 Å². The average Bonchev–Trinajstić information content (AvgIpc) is 3.45. The first-order valence-corrected chi connectivity index (χ1v) is 15.6. The largest absolute Gasteiger partial charge is 0.497 e. The average molecular weight is 596 g/mol. The van der Waals surface area contributed by atoms with Gasteiger partial charge < -0.3 is 24.4 Å². The van der Waals surface area contributed by atoms with Crippen molar-refractivity contribution >= 4 is 27.5 Å². The van der Waals surface area contributed by atoms with E-state index in [1.54, 1.807) is 37.4 Å². The molecule has 0 saturated heterocycles. The van der Waals surface area contributed by atoms with Crippen molar-refractivity contribution in [1.29, 1.82) is 0 Å². The molecule has 0 fully saturated rings. The molecule has 10 nitrogen and oxygen atoms in total. The lowest BCUT2D eigenvalue weighted by Crippen LogP contribution is -2.54. The molecule has 1 aliphatic heterocycles. The number of nitrogens with zero attached hydrogens (tertiary/aromatic N) is 2. The SMILES string of the molecule is CC[C@@H](C)NC(=O)[C@H](Cc1ccccc1)N(Cc1cccc(OC)c1)C(=O)CN(c1ccc2c(c1)OCO2)S(C)(=O)=O. The normalized spacial score (nSPS) is 13.6. The number of anilines is 1. The van der Waals surface area contributed by atoms with Crippen molar-refractivity contribution in [3.8, 4) is 17.2 Å². The number of hydrogen-bond acceptors (Lipinski definition) is 7. The van der Waals surface area contributed by atoms with E-state index in [1.165, 1.54) is 11.0 Å². The van der Waals surface area contributed by atoms with Crippen molar-refractivity contribution in [2.45, 2.75) is 45.3 Å². The Bertz CT molecular complexity index is 1500. The number of carbonyl (C=O) groups excluding carboxylic acids is 2. The van der Waals surface area contributed by atoms with Gasteiger partial charge in [-0.2, -0.15) is 0 Å². The molecule has 0 saturated carbocycles. The van der Waals surface area contributed by atoms with Gasteiger partial charge in [0.25, 0.3) is 0 Å². The van der Waals surface area contributed by atoms with E-state index in [9.17, 15) is 18.0 Å². The van der Waals surface area contributed by atoms with Crippen LogP contribution in [0.2, 0.25) is 0 Å². The molecule has 224 valence electrons. The van der Waals surface area contributed by atoms with Crippen molar-refractivity contribution in [1.82, 2.24) is 10.2 Å². The monoisotopic (exact) mass is 595 g/mol. The van der Waals surface area contributed by atoms with Gasteiger partial charge in [0.05, 0.1) is 19.1 Å². The number of amides is 2. The van der Waals surface area contributed by atoms with E-state index in [2.05, 4.69) is 5.32 Å². The summed E-state index contributed by atoms with van der Waals surface area (Å²) >= 11 is 0. The third kappa shape index (κ3) is 7.73. The maximum Gasteiger partial charge on any atom is 0.244 e. The molecule has 3 aromatic carbocycles. The Balaban J connectivity index is 1.74. The molecule has 0 radical (unpaired) electrons. The fourth-order valence-electron chi connectivity index (χ4n) is 4.62. The highest BCUT2D eigenvalue weighted by Gasteiger charge is 2.34. The summed E-state index contributed by atoms with van der Waals surface area (Å²) in [6.07, 6.45) is 1.98. The molecule has 0 bridgehead atoms. The predicted molar refractivity (Wildman–Crippen MR) is 160 cm³/mol. The molecule has 2 amide bonds. The number of carbonyl (C=O) groups is 2. The van der Waals surface area contributed by atoms with E-state index in [0.717, 1.165) is 21.7 Å². The Hall–Kier alpha value is -4.25. The third-order valence-corrected chi connectivity index (χ3v) is 8.22. The number of ether oxygens (including phenoxy) is 3. The highest BCUT2D eigenvalue weighted by atomic mass is 32.2. The molecular formula is C31H37N3O7S. The Kier molecular flexibility index (Phi) is 9.95. The van der Waals surface area contributed by atoms with Crippen LogP contribution in [-0.2, 0) is 32.6 Å². The Morgan fingerprint density at radius 2 is 1.69 bits per heavy atom. The Morgan fingerprint density at radius 1 is 0.976 bits per heavy atom. The molecule has 3 aromatic rings. The maximum absolute atomic E-state index is 14.2. The standard InChI is InChI=1S/C31H37N3O7S/c1-5-22(2)32-31(36)27(17-23-10-7-6-8-11-23)33(19-24-12-9-13-26(16-24)39-3)30(35)20-34(42(4,37)38)25-14-15-28-29(18-25)41-21-40-28/h6-16,18,22,27H,5,17,19-21H2,1-4H3,(H,32,36)/t22-,27+/m1/s1. The molecule has 11 heteroatoms. The summed E-state index contributed by atoms with van der Waals surface area (Å²) in [5.74, 6) is 0.612. The van der Waals surface area contributed by atoms with Gasteiger partial charge in [-0.3, -0.25) is 13.9 Å². The zero-order valence-electron chi connectivity index (χ0n) is 24.3. The lowest BCUT2D eigenvalue weighted by Gasteiger charge is -2.34. The lowest BCUT2D eigenvalue weighted by molar-refractivity contribution is -0.140. The van der Waals surface area contributed by atoms with Gasteiger partial charge in [0.15, 0.2) is 11.5 Å². The molecule has 4 rings (SSSR count). The van der Waals surface area contributed by atoms with Crippen LogP contribution < -0.4 is 23.8 Å². The van der Waals surface area contributed by atoms with Gasteiger partial charge in [-0.1, -0.05) is 49.4 Å². The minimum absolute atomic E-state index is 0.0252. The number of sulfonamides is 1. The van der Waals surface area contributed by atoms with Crippen LogP contribution >= 0.6 is 0 Å². The smallest absolute Gasteiger partial charge is 0.244 e. The second-order valence-electron chi connectivity index (χ2n) is 10.2. The van der Waals surface area contributed by atoms with Gasteiger partial charge in [0, 0.05) is 25.1 Å². The lowest BCUT2D eigenvalue weighted by atomic mass is 10.0. The topological polar surface area (TPSA) is 114 Å². The fraction of sp³-hybridized carbons (Fsp3) is 0.355. The minimum Gasteiger partial charge on any atom is -0.497 e. The van der Waals surface area contributed by atoms with Crippen molar-refractivity contribution in [2.24, 2.45) is 0 Å². The van der Waals surface area contributed by atoms with Gasteiger partial charge in [0.1, 0.15) is 18.3 Å². The number of methoxy groups -OCH3 is 1. The van der Waals surface area contributed by atoms with Crippen LogP contribution in [0.1, 0.15) is 31.4 Å². The van der Waals surface area contributed by atoms with Gasteiger partial charge in [-0.05, 0) is 48.7 Å². The highest BCUT2D eigenvalue weighted by molar-refractivity contribution is 7.92. The van der Waals surface area contributed by atoms with E-state index in [0.29, 0.717) is 23.7 Å². The molecule has 1 heterocycles. The highest BCUT2D eigenvalue weighted by Crippen LogP contribution is 2.36. The molecule has 0 spiro atoms. The zero-order chi connectivity index (χ0) is 30.3. The summed E-state index contributed by atoms with van der Waals surface area (Å²) in [6, 6.07) is 20.3. The Morgan fingerprint density at radius 3 is 2.38 bits per heavy atom. The summed E-state index contributed by atoms with van der Waals surface area (Å²) in [5, 5.41) is 3.02. The van der Waals surface area contributed by atoms with Crippen LogP contribution in [0.15, 0.2) is 72.8 Å². The van der Waals surface area contributed by atoms with Crippen molar-refractivity contribution in [3.05, 3.63) is 83.9 Å². The molecular weight excluding hydrogens is 558 g/mol. The first-order valence-electron chi connectivity index (χ1n) is 13.7. The predicted octanol–water partition coefficient (Wildman–Crippen LogP) is 3.74. The number of nitrogens with one attached hydrogen (secondary N) is 1. The van der Waals surface area contributed by atoms with E-state index < -0.39 is 28.5 Å². The van der Waals surface area contributed by atoms with Crippen LogP contribution in [0.3, 0.4) is 0 Å². The molecule has 0 aliphatic carbocycles. The van der Waals surface area contributed by atoms with E-state index >= 15 is 0 Å².